The van der Waals surface area contributed by atoms with Gasteiger partial charge in [-0.1, -0.05) is 38.8 Å². The van der Waals surface area contributed by atoms with Gasteiger partial charge in [-0.25, -0.2) is 0 Å². The molecule has 2 N–H and O–H groups in total. The monoisotopic (exact) mass is 348 g/mol. The summed E-state index contributed by atoms with van der Waals surface area (Å²) in [5, 5.41) is 5.42. The summed E-state index contributed by atoms with van der Waals surface area (Å²) < 4.78 is 4.46. The zero-order valence-corrected chi connectivity index (χ0v) is 15.3. The number of methoxy groups -OCH3 is 1. The minimum atomic E-state index is -0.486. The maximum Gasteiger partial charge on any atom is 0.325 e. The number of carbonyl (C=O) groups excluding carboxylic acids is 3. The standard InChI is InChI=1S/C19H28N2O4/c1-4-6-7-15(5-2)19(24)21-16-10-8-14(9-11-16)12-17(22)20-13-18(23)25-3/h8-11,15H,4-7,12-13H2,1-3H3,(H,20,22)(H,21,24). The molecule has 1 rings (SSSR count). The van der Waals surface area contributed by atoms with E-state index in [0.29, 0.717) is 0 Å². The molecule has 6 nitrogen and oxygen atoms in total. The molecular formula is C19H28N2O4. The van der Waals surface area contributed by atoms with Gasteiger partial charge < -0.3 is 15.4 Å². The molecule has 2 amide bonds. The van der Waals surface area contributed by atoms with Gasteiger partial charge >= 0.3 is 5.97 Å². The molecule has 1 atom stereocenters. The van der Waals surface area contributed by atoms with Gasteiger partial charge in [-0.3, -0.25) is 14.4 Å². The third-order valence-corrected chi connectivity index (χ3v) is 4.01. The largest absolute Gasteiger partial charge is 0.468 e. The van der Waals surface area contributed by atoms with E-state index in [2.05, 4.69) is 22.3 Å². The van der Waals surface area contributed by atoms with E-state index in [-0.39, 0.29) is 30.7 Å². The second kappa shape index (κ2) is 11.2. The van der Waals surface area contributed by atoms with Gasteiger partial charge in [0.2, 0.25) is 11.8 Å². The summed E-state index contributed by atoms with van der Waals surface area (Å²) >= 11 is 0. The highest BCUT2D eigenvalue weighted by Gasteiger charge is 2.15. The van der Waals surface area contributed by atoms with Crippen LogP contribution in [0.25, 0.3) is 0 Å². The van der Waals surface area contributed by atoms with Gasteiger partial charge in [-0.2, -0.15) is 0 Å². The summed E-state index contributed by atoms with van der Waals surface area (Å²) in [5.74, 6) is -0.670. The SMILES string of the molecule is CCCCC(CC)C(=O)Nc1ccc(CC(=O)NCC(=O)OC)cc1. The van der Waals surface area contributed by atoms with Crippen LogP contribution in [0.2, 0.25) is 0 Å². The van der Waals surface area contributed by atoms with Crippen molar-refractivity contribution in [1.82, 2.24) is 5.32 Å². The van der Waals surface area contributed by atoms with Crippen LogP contribution in [0.3, 0.4) is 0 Å². The molecule has 0 saturated heterocycles. The molecule has 6 heteroatoms. The van der Waals surface area contributed by atoms with Crippen LogP contribution in [-0.2, 0) is 25.5 Å². The van der Waals surface area contributed by atoms with Crippen molar-refractivity contribution in [2.45, 2.75) is 46.0 Å². The van der Waals surface area contributed by atoms with Gasteiger partial charge in [0.15, 0.2) is 0 Å². The van der Waals surface area contributed by atoms with E-state index in [1.165, 1.54) is 7.11 Å². The number of rotatable bonds is 10. The minimum absolute atomic E-state index is 0.0312. The van der Waals surface area contributed by atoms with E-state index < -0.39 is 5.97 Å². The van der Waals surface area contributed by atoms with Crippen LogP contribution >= 0.6 is 0 Å². The minimum Gasteiger partial charge on any atom is -0.468 e. The molecule has 138 valence electrons. The first kappa shape index (κ1) is 20.7. The third kappa shape index (κ3) is 7.83. The second-order valence-corrected chi connectivity index (χ2v) is 5.96. The Morgan fingerprint density at radius 3 is 2.36 bits per heavy atom. The first-order chi connectivity index (χ1) is 12.0. The molecule has 0 heterocycles. The molecule has 0 saturated carbocycles. The van der Waals surface area contributed by atoms with Crippen LogP contribution in [0.4, 0.5) is 5.69 Å². The number of unbranched alkanes of at least 4 members (excludes halogenated alkanes) is 1. The number of amides is 2. The van der Waals surface area contributed by atoms with Crippen molar-refractivity contribution >= 4 is 23.5 Å². The van der Waals surface area contributed by atoms with Crippen LogP contribution in [0.5, 0.6) is 0 Å². The number of nitrogens with one attached hydrogen (secondary N) is 2. The fourth-order valence-corrected chi connectivity index (χ4v) is 2.41. The molecule has 1 unspecified atom stereocenters. The van der Waals surface area contributed by atoms with E-state index in [9.17, 15) is 14.4 Å². The lowest BCUT2D eigenvalue weighted by molar-refractivity contribution is -0.141. The van der Waals surface area contributed by atoms with Crippen molar-refractivity contribution in [2.75, 3.05) is 19.0 Å². The van der Waals surface area contributed by atoms with Gasteiger partial charge in [0.05, 0.1) is 13.5 Å². The Morgan fingerprint density at radius 1 is 1.12 bits per heavy atom. The molecule has 0 spiro atoms. The van der Waals surface area contributed by atoms with E-state index in [1.54, 1.807) is 24.3 Å². The van der Waals surface area contributed by atoms with E-state index in [0.717, 1.165) is 36.9 Å². The predicted molar refractivity (Wildman–Crippen MR) is 97.1 cm³/mol. The highest BCUT2D eigenvalue weighted by molar-refractivity contribution is 5.92. The molecule has 0 radical (unpaired) electrons. The molecular weight excluding hydrogens is 320 g/mol. The first-order valence-electron chi connectivity index (χ1n) is 8.73. The van der Waals surface area contributed by atoms with Crippen molar-refractivity contribution in [3.63, 3.8) is 0 Å². The summed E-state index contributed by atoms with van der Waals surface area (Å²) in [6, 6.07) is 7.15. The highest BCUT2D eigenvalue weighted by Crippen LogP contribution is 2.17. The van der Waals surface area contributed by atoms with Gasteiger partial charge in [-0.05, 0) is 30.5 Å². The Hall–Kier alpha value is -2.37. The van der Waals surface area contributed by atoms with Gasteiger partial charge in [0, 0.05) is 11.6 Å². The van der Waals surface area contributed by atoms with Crippen molar-refractivity contribution in [3.8, 4) is 0 Å². The summed E-state index contributed by atoms with van der Waals surface area (Å²) in [6.07, 6.45) is 4.02. The summed E-state index contributed by atoms with van der Waals surface area (Å²) in [4.78, 5) is 35.0. The smallest absolute Gasteiger partial charge is 0.325 e. The zero-order chi connectivity index (χ0) is 18.7. The third-order valence-electron chi connectivity index (χ3n) is 4.01. The maximum atomic E-state index is 12.3. The van der Waals surface area contributed by atoms with Crippen LogP contribution in [0.15, 0.2) is 24.3 Å². The number of hydrogen-bond donors (Lipinski definition) is 2. The average Bonchev–Trinajstić information content (AvgIpc) is 2.62. The fourth-order valence-electron chi connectivity index (χ4n) is 2.41. The summed E-state index contributed by atoms with van der Waals surface area (Å²) in [7, 11) is 1.27. The Kier molecular flexibility index (Phi) is 9.29. The van der Waals surface area contributed by atoms with E-state index in [4.69, 9.17) is 0 Å². The number of carbonyl (C=O) groups is 3. The highest BCUT2D eigenvalue weighted by atomic mass is 16.5. The predicted octanol–water partition coefficient (Wildman–Crippen LogP) is 2.67. The number of benzene rings is 1. The normalized spacial score (nSPS) is 11.5. The number of ether oxygens (including phenoxy) is 1. The summed E-state index contributed by atoms with van der Waals surface area (Å²) in [5.41, 5.74) is 1.53. The molecule has 0 aliphatic carbocycles. The number of hydrogen-bond acceptors (Lipinski definition) is 4. The number of anilines is 1. The Morgan fingerprint density at radius 2 is 1.80 bits per heavy atom. The molecule has 0 aliphatic heterocycles. The van der Waals surface area contributed by atoms with E-state index in [1.807, 2.05) is 6.92 Å². The van der Waals surface area contributed by atoms with Gasteiger partial charge in [0.25, 0.3) is 0 Å². The van der Waals surface area contributed by atoms with Crippen LogP contribution in [-0.4, -0.2) is 31.4 Å². The quantitative estimate of drug-likeness (QED) is 0.637. The molecule has 0 bridgehead atoms. The lowest BCUT2D eigenvalue weighted by atomic mass is 9.98. The first-order valence-corrected chi connectivity index (χ1v) is 8.73. The van der Waals surface area contributed by atoms with Crippen molar-refractivity contribution in [2.24, 2.45) is 5.92 Å². The Labute approximate surface area is 149 Å². The van der Waals surface area contributed by atoms with Crippen LogP contribution in [0, 0.1) is 5.92 Å². The molecule has 0 fully saturated rings. The van der Waals surface area contributed by atoms with Crippen molar-refractivity contribution in [3.05, 3.63) is 29.8 Å². The average molecular weight is 348 g/mol. The van der Waals surface area contributed by atoms with Crippen LogP contribution < -0.4 is 10.6 Å². The molecule has 25 heavy (non-hydrogen) atoms. The Bertz CT molecular complexity index is 569. The molecule has 0 aromatic heterocycles. The maximum absolute atomic E-state index is 12.3. The van der Waals surface area contributed by atoms with Gasteiger partial charge in [-0.15, -0.1) is 0 Å². The number of esters is 1. The lowest BCUT2D eigenvalue weighted by Gasteiger charge is -2.14. The van der Waals surface area contributed by atoms with E-state index >= 15 is 0 Å². The lowest BCUT2D eigenvalue weighted by Crippen LogP contribution is -2.31. The van der Waals surface area contributed by atoms with Crippen molar-refractivity contribution < 1.29 is 19.1 Å². The fraction of sp³-hybridized carbons (Fsp3) is 0.526. The van der Waals surface area contributed by atoms with Gasteiger partial charge in [0.1, 0.15) is 6.54 Å². The van der Waals surface area contributed by atoms with Crippen LogP contribution in [0.1, 0.15) is 45.1 Å². The topological polar surface area (TPSA) is 84.5 Å². The molecule has 1 aromatic carbocycles. The summed E-state index contributed by atoms with van der Waals surface area (Å²) in [6.45, 7) is 4.00. The Balaban J connectivity index is 2.51. The second-order valence-electron chi connectivity index (χ2n) is 5.96. The molecule has 1 aromatic rings. The van der Waals surface area contributed by atoms with Crippen molar-refractivity contribution in [1.29, 1.82) is 0 Å². The zero-order valence-electron chi connectivity index (χ0n) is 15.3. The molecule has 0 aliphatic rings.